The van der Waals surface area contributed by atoms with Gasteiger partial charge in [-0.15, -0.1) is 5.10 Å². The summed E-state index contributed by atoms with van der Waals surface area (Å²) < 4.78 is 3.23. The van der Waals surface area contributed by atoms with Gasteiger partial charge >= 0.3 is 0 Å². The molecule has 5 nitrogen and oxygen atoms in total. The minimum atomic E-state index is -0.233. The summed E-state index contributed by atoms with van der Waals surface area (Å²) in [6, 6.07) is 22.8. The van der Waals surface area contributed by atoms with Crippen LogP contribution in [0, 0.1) is 0 Å². The van der Waals surface area contributed by atoms with Crippen LogP contribution in [0.25, 0.3) is 33.8 Å². The maximum absolute atomic E-state index is 13.7. The lowest BCUT2D eigenvalue weighted by atomic mass is 10.0. The van der Waals surface area contributed by atoms with Crippen molar-refractivity contribution in [2.75, 3.05) is 0 Å². The number of hydrogen-bond donors (Lipinski definition) is 0. The van der Waals surface area contributed by atoms with E-state index < -0.39 is 0 Å². The lowest BCUT2D eigenvalue weighted by Gasteiger charge is -2.14. The number of halogens is 2. The van der Waals surface area contributed by atoms with E-state index in [0.29, 0.717) is 38.5 Å². The summed E-state index contributed by atoms with van der Waals surface area (Å²) in [6.45, 7) is 4.28. The Kier molecular flexibility index (Phi) is 5.52. The van der Waals surface area contributed by atoms with Gasteiger partial charge in [-0.3, -0.25) is 9.36 Å². The fourth-order valence-corrected chi connectivity index (χ4v) is 4.04. The summed E-state index contributed by atoms with van der Waals surface area (Å²) in [4.78, 5) is 18.5. The van der Waals surface area contributed by atoms with Crippen molar-refractivity contribution in [1.82, 2.24) is 19.3 Å². The second kappa shape index (κ2) is 8.50. The van der Waals surface area contributed by atoms with Gasteiger partial charge in [-0.2, -0.15) is 0 Å². The number of rotatable bonds is 4. The lowest BCUT2D eigenvalue weighted by molar-refractivity contribution is 0.866. The number of nitrogens with zero attached hydrogens (tertiary/aromatic N) is 4. The first-order chi connectivity index (χ1) is 15.9. The Morgan fingerprint density at radius 1 is 0.848 bits per heavy atom. The highest BCUT2D eigenvalue weighted by atomic mass is 35.5. The molecule has 2 aromatic heterocycles. The normalized spacial score (nSPS) is 11.4. The van der Waals surface area contributed by atoms with Crippen LogP contribution in [0.15, 0.2) is 83.8 Å². The zero-order valence-electron chi connectivity index (χ0n) is 18.0. The minimum Gasteiger partial charge on any atom is -0.268 e. The van der Waals surface area contributed by atoms with Crippen molar-refractivity contribution in [3.05, 3.63) is 105 Å². The summed E-state index contributed by atoms with van der Waals surface area (Å²) >= 11 is 12.4. The van der Waals surface area contributed by atoms with Gasteiger partial charge in [-0.05, 0) is 41.8 Å². The Balaban J connectivity index is 1.79. The molecule has 0 fully saturated rings. The molecule has 0 saturated carbocycles. The lowest BCUT2D eigenvalue weighted by Crippen LogP contribution is -2.21. The van der Waals surface area contributed by atoms with Crippen LogP contribution in [0.4, 0.5) is 0 Å². The molecule has 5 aromatic rings. The smallest absolute Gasteiger partial charge is 0.268 e. The molecule has 33 heavy (non-hydrogen) atoms. The van der Waals surface area contributed by atoms with E-state index in [9.17, 15) is 4.79 Å². The van der Waals surface area contributed by atoms with Crippen molar-refractivity contribution >= 4 is 34.2 Å². The molecule has 5 rings (SSSR count). The third kappa shape index (κ3) is 3.94. The van der Waals surface area contributed by atoms with Crippen LogP contribution in [0.1, 0.15) is 25.3 Å². The van der Waals surface area contributed by atoms with Crippen molar-refractivity contribution < 1.29 is 0 Å². The maximum Gasteiger partial charge on any atom is 0.269 e. The first-order valence-corrected chi connectivity index (χ1v) is 11.3. The highest BCUT2D eigenvalue weighted by Crippen LogP contribution is 2.28. The van der Waals surface area contributed by atoms with Crippen LogP contribution in [0.2, 0.25) is 10.0 Å². The summed E-state index contributed by atoms with van der Waals surface area (Å²) in [5.74, 6) is 0.882. The van der Waals surface area contributed by atoms with E-state index >= 15 is 0 Å². The molecule has 0 saturated heterocycles. The van der Waals surface area contributed by atoms with Crippen molar-refractivity contribution in [3.8, 4) is 22.8 Å². The van der Waals surface area contributed by atoms with Crippen LogP contribution >= 0.6 is 23.2 Å². The standard InChI is InChI=1S/C26H20Cl2N4O/c1-16(2)17-8-10-18(11-9-17)25-29-24-21(15-31(30-24)19-6-4-3-5-7-19)26(33)32(25)20-12-13-22(27)23(28)14-20/h3-16H,1-2H3. The average Bonchev–Trinajstić information content (AvgIpc) is 3.26. The van der Waals surface area contributed by atoms with Gasteiger partial charge in [-0.25, -0.2) is 9.67 Å². The Labute approximate surface area is 200 Å². The van der Waals surface area contributed by atoms with E-state index in [2.05, 4.69) is 31.1 Å². The van der Waals surface area contributed by atoms with Crippen LogP contribution in [0.3, 0.4) is 0 Å². The van der Waals surface area contributed by atoms with Crippen molar-refractivity contribution in [3.63, 3.8) is 0 Å². The van der Waals surface area contributed by atoms with Crippen molar-refractivity contribution in [2.45, 2.75) is 19.8 Å². The fourth-order valence-electron chi connectivity index (χ4n) is 3.75. The molecular formula is C26H20Cl2N4O. The Hall–Kier alpha value is -3.41. The number of benzene rings is 3. The Morgan fingerprint density at radius 3 is 2.24 bits per heavy atom. The van der Waals surface area contributed by atoms with E-state index in [1.807, 2.05) is 42.5 Å². The first kappa shape index (κ1) is 21.4. The topological polar surface area (TPSA) is 52.7 Å². The van der Waals surface area contributed by atoms with Gasteiger partial charge in [0.25, 0.3) is 5.56 Å². The molecule has 2 heterocycles. The fraction of sp³-hybridized carbons (Fsp3) is 0.115. The zero-order valence-corrected chi connectivity index (χ0v) is 19.5. The third-order valence-electron chi connectivity index (χ3n) is 5.57. The summed E-state index contributed by atoms with van der Waals surface area (Å²) in [5.41, 5.74) is 3.58. The van der Waals surface area contributed by atoms with Gasteiger partial charge in [0.05, 0.1) is 21.4 Å². The van der Waals surface area contributed by atoms with E-state index in [4.69, 9.17) is 28.2 Å². The summed E-state index contributed by atoms with van der Waals surface area (Å²) in [5, 5.41) is 5.78. The van der Waals surface area contributed by atoms with Gasteiger partial charge in [0.1, 0.15) is 11.2 Å². The van der Waals surface area contributed by atoms with Crippen LogP contribution in [-0.4, -0.2) is 19.3 Å². The molecule has 0 atom stereocenters. The van der Waals surface area contributed by atoms with E-state index in [0.717, 1.165) is 11.3 Å². The molecule has 0 radical (unpaired) electrons. The molecule has 164 valence electrons. The molecule has 0 bridgehead atoms. The molecule has 0 aliphatic heterocycles. The molecule has 0 aliphatic carbocycles. The van der Waals surface area contributed by atoms with Gasteiger partial charge in [0.15, 0.2) is 5.65 Å². The first-order valence-electron chi connectivity index (χ1n) is 10.6. The zero-order chi connectivity index (χ0) is 23.1. The largest absolute Gasteiger partial charge is 0.269 e. The monoisotopic (exact) mass is 474 g/mol. The quantitative estimate of drug-likeness (QED) is 0.292. The number of aromatic nitrogens is 4. The number of hydrogen-bond acceptors (Lipinski definition) is 3. The predicted molar refractivity (Wildman–Crippen MR) is 134 cm³/mol. The average molecular weight is 475 g/mol. The van der Waals surface area contributed by atoms with E-state index in [1.54, 1.807) is 33.6 Å². The third-order valence-corrected chi connectivity index (χ3v) is 6.31. The van der Waals surface area contributed by atoms with Crippen LogP contribution < -0.4 is 5.56 Å². The molecule has 0 amide bonds. The molecule has 0 aliphatic rings. The van der Waals surface area contributed by atoms with Gasteiger partial charge in [0, 0.05) is 11.8 Å². The molecule has 0 N–H and O–H groups in total. The molecule has 3 aromatic carbocycles. The Morgan fingerprint density at radius 2 is 1.58 bits per heavy atom. The van der Waals surface area contributed by atoms with E-state index in [1.165, 1.54) is 5.56 Å². The van der Waals surface area contributed by atoms with Gasteiger partial charge in [0.2, 0.25) is 0 Å². The SMILES string of the molecule is CC(C)c1ccc(-c2nc3nn(-c4ccccc4)cc3c(=O)n2-c2ccc(Cl)c(Cl)c2)cc1. The number of fused-ring (bicyclic) bond motifs is 1. The minimum absolute atomic E-state index is 0.233. The van der Waals surface area contributed by atoms with Crippen LogP contribution in [-0.2, 0) is 0 Å². The van der Waals surface area contributed by atoms with Crippen molar-refractivity contribution in [1.29, 1.82) is 0 Å². The van der Waals surface area contributed by atoms with Gasteiger partial charge in [-0.1, -0.05) is 79.5 Å². The van der Waals surface area contributed by atoms with Crippen molar-refractivity contribution in [2.24, 2.45) is 0 Å². The summed E-state index contributed by atoms with van der Waals surface area (Å²) in [7, 11) is 0. The maximum atomic E-state index is 13.7. The van der Waals surface area contributed by atoms with Crippen LogP contribution in [0.5, 0.6) is 0 Å². The second-order valence-corrected chi connectivity index (χ2v) is 8.91. The molecule has 0 unspecified atom stereocenters. The number of para-hydroxylation sites is 1. The summed E-state index contributed by atoms with van der Waals surface area (Å²) in [6.07, 6.45) is 1.71. The molecule has 7 heteroatoms. The van der Waals surface area contributed by atoms with E-state index in [-0.39, 0.29) is 5.56 Å². The highest BCUT2D eigenvalue weighted by molar-refractivity contribution is 6.42. The Bertz CT molecular complexity index is 1520. The van der Waals surface area contributed by atoms with Gasteiger partial charge < -0.3 is 0 Å². The highest BCUT2D eigenvalue weighted by Gasteiger charge is 2.18. The second-order valence-electron chi connectivity index (χ2n) is 8.10. The molecular weight excluding hydrogens is 455 g/mol. The molecule has 0 spiro atoms. The predicted octanol–water partition coefficient (Wildman–Crippen LogP) is 6.67.